The number of carbonyl (C=O) groups excluding carboxylic acids is 1. The lowest BCUT2D eigenvalue weighted by Gasteiger charge is -2.21. The SMILES string of the molecule is CCCC/C(=C/N(C=O)CCCC)N(C)C. The molecule has 0 unspecified atom stereocenters. The summed E-state index contributed by atoms with van der Waals surface area (Å²) >= 11 is 0. The highest BCUT2D eigenvalue weighted by Gasteiger charge is 2.03. The molecule has 0 heterocycles. The Morgan fingerprint density at radius 3 is 2.19 bits per heavy atom. The quantitative estimate of drug-likeness (QED) is 0.564. The van der Waals surface area contributed by atoms with Gasteiger partial charge in [-0.05, 0) is 19.3 Å². The molecule has 0 N–H and O–H groups in total. The van der Waals surface area contributed by atoms with Crippen molar-refractivity contribution >= 4 is 6.41 Å². The molecule has 0 saturated heterocycles. The molecule has 0 aliphatic heterocycles. The summed E-state index contributed by atoms with van der Waals surface area (Å²) in [5, 5.41) is 0. The van der Waals surface area contributed by atoms with Gasteiger partial charge in [-0.3, -0.25) is 4.79 Å². The molecule has 0 aromatic heterocycles. The average Bonchev–Trinajstić information content (AvgIpc) is 2.28. The Bertz CT molecular complexity index is 212. The van der Waals surface area contributed by atoms with E-state index in [1.54, 1.807) is 4.90 Å². The molecule has 0 aliphatic carbocycles. The first-order valence-corrected chi connectivity index (χ1v) is 6.24. The van der Waals surface area contributed by atoms with Crippen LogP contribution in [0.5, 0.6) is 0 Å². The second-order valence-electron chi connectivity index (χ2n) is 4.32. The fourth-order valence-electron chi connectivity index (χ4n) is 1.44. The maximum absolute atomic E-state index is 10.9. The van der Waals surface area contributed by atoms with Gasteiger partial charge in [-0.1, -0.05) is 26.7 Å². The van der Waals surface area contributed by atoms with E-state index in [0.717, 1.165) is 32.2 Å². The topological polar surface area (TPSA) is 23.6 Å². The Morgan fingerprint density at radius 2 is 1.75 bits per heavy atom. The second-order valence-corrected chi connectivity index (χ2v) is 4.32. The predicted molar refractivity (Wildman–Crippen MR) is 69.0 cm³/mol. The summed E-state index contributed by atoms with van der Waals surface area (Å²) in [6.07, 6.45) is 8.48. The van der Waals surface area contributed by atoms with E-state index >= 15 is 0 Å². The molecule has 0 aliphatic rings. The smallest absolute Gasteiger partial charge is 0.213 e. The number of hydrogen-bond acceptors (Lipinski definition) is 2. The van der Waals surface area contributed by atoms with Crippen LogP contribution < -0.4 is 0 Å². The van der Waals surface area contributed by atoms with Crippen molar-refractivity contribution in [3.05, 3.63) is 11.9 Å². The molecule has 0 spiro atoms. The third-order valence-electron chi connectivity index (χ3n) is 2.58. The molecule has 94 valence electrons. The maximum Gasteiger partial charge on any atom is 0.213 e. The molecule has 3 nitrogen and oxygen atoms in total. The lowest BCUT2D eigenvalue weighted by molar-refractivity contribution is -0.116. The highest BCUT2D eigenvalue weighted by atomic mass is 16.1. The summed E-state index contributed by atoms with van der Waals surface area (Å²) in [5.74, 6) is 0. The van der Waals surface area contributed by atoms with Crippen LogP contribution in [-0.2, 0) is 4.79 Å². The summed E-state index contributed by atoms with van der Waals surface area (Å²) in [7, 11) is 4.06. The van der Waals surface area contributed by atoms with E-state index in [4.69, 9.17) is 0 Å². The van der Waals surface area contributed by atoms with Gasteiger partial charge >= 0.3 is 0 Å². The molecule has 0 aromatic rings. The molecule has 3 heteroatoms. The summed E-state index contributed by atoms with van der Waals surface area (Å²) in [4.78, 5) is 14.8. The first-order valence-electron chi connectivity index (χ1n) is 6.24. The molecule has 0 saturated carbocycles. The molecular weight excluding hydrogens is 200 g/mol. The third-order valence-corrected chi connectivity index (χ3v) is 2.58. The van der Waals surface area contributed by atoms with Crippen molar-refractivity contribution in [3.8, 4) is 0 Å². The monoisotopic (exact) mass is 226 g/mol. The number of amides is 1. The molecule has 0 bridgehead atoms. The normalized spacial score (nSPS) is 11.4. The van der Waals surface area contributed by atoms with Crippen molar-refractivity contribution in [1.29, 1.82) is 0 Å². The van der Waals surface area contributed by atoms with E-state index in [1.807, 2.05) is 20.3 Å². The Labute approximate surface area is 100 Å². The van der Waals surface area contributed by atoms with Gasteiger partial charge in [0.15, 0.2) is 0 Å². The minimum absolute atomic E-state index is 0.823. The van der Waals surface area contributed by atoms with Crippen LogP contribution in [-0.4, -0.2) is 36.9 Å². The first kappa shape index (κ1) is 15.0. The number of allylic oxidation sites excluding steroid dienone is 1. The van der Waals surface area contributed by atoms with Crippen molar-refractivity contribution in [2.75, 3.05) is 20.6 Å². The highest BCUT2D eigenvalue weighted by molar-refractivity contribution is 5.49. The number of rotatable bonds is 9. The summed E-state index contributed by atoms with van der Waals surface area (Å²) in [6.45, 7) is 5.14. The number of unbranched alkanes of at least 4 members (excludes halogenated alkanes) is 2. The summed E-state index contributed by atoms with van der Waals surface area (Å²) in [5.41, 5.74) is 1.23. The highest BCUT2D eigenvalue weighted by Crippen LogP contribution is 2.10. The van der Waals surface area contributed by atoms with Gasteiger partial charge in [0.2, 0.25) is 6.41 Å². The molecule has 0 rings (SSSR count). The van der Waals surface area contributed by atoms with Gasteiger partial charge < -0.3 is 9.80 Å². The fraction of sp³-hybridized carbons (Fsp3) is 0.769. The van der Waals surface area contributed by atoms with Crippen molar-refractivity contribution in [2.24, 2.45) is 0 Å². The Kier molecular flexibility index (Phi) is 8.68. The van der Waals surface area contributed by atoms with Crippen molar-refractivity contribution < 1.29 is 4.79 Å². The Morgan fingerprint density at radius 1 is 1.12 bits per heavy atom. The van der Waals surface area contributed by atoms with E-state index < -0.39 is 0 Å². The van der Waals surface area contributed by atoms with Crippen LogP contribution in [0.1, 0.15) is 46.0 Å². The summed E-state index contributed by atoms with van der Waals surface area (Å²) < 4.78 is 0. The molecule has 0 atom stereocenters. The fourth-order valence-corrected chi connectivity index (χ4v) is 1.44. The molecule has 1 amide bonds. The van der Waals surface area contributed by atoms with Gasteiger partial charge in [-0.2, -0.15) is 0 Å². The molecule has 0 radical (unpaired) electrons. The summed E-state index contributed by atoms with van der Waals surface area (Å²) in [6, 6.07) is 0. The number of nitrogens with zero attached hydrogens (tertiary/aromatic N) is 2. The van der Waals surface area contributed by atoms with Crippen LogP contribution in [0.15, 0.2) is 11.9 Å². The van der Waals surface area contributed by atoms with Crippen molar-refractivity contribution in [2.45, 2.75) is 46.0 Å². The molecule has 0 fully saturated rings. The standard InChI is InChI=1S/C13H26N2O/c1-5-7-9-13(14(3)4)11-15(12-16)10-8-6-2/h11-12H,5-10H2,1-4H3/b13-11-. The molecule has 0 aromatic carbocycles. The van der Waals surface area contributed by atoms with Crippen LogP contribution in [0.3, 0.4) is 0 Å². The minimum Gasteiger partial charge on any atom is -0.380 e. The molecular formula is C13H26N2O. The van der Waals surface area contributed by atoms with Crippen LogP contribution in [0.4, 0.5) is 0 Å². The van der Waals surface area contributed by atoms with Gasteiger partial charge in [-0.25, -0.2) is 0 Å². The zero-order valence-corrected chi connectivity index (χ0v) is 11.2. The zero-order chi connectivity index (χ0) is 12.4. The Hall–Kier alpha value is -0.990. The largest absolute Gasteiger partial charge is 0.380 e. The van der Waals surface area contributed by atoms with Crippen molar-refractivity contribution in [1.82, 2.24) is 9.80 Å². The lowest BCUT2D eigenvalue weighted by atomic mass is 10.2. The van der Waals surface area contributed by atoms with Crippen LogP contribution in [0.2, 0.25) is 0 Å². The van der Waals surface area contributed by atoms with Gasteiger partial charge in [-0.15, -0.1) is 0 Å². The lowest BCUT2D eigenvalue weighted by Crippen LogP contribution is -2.21. The third kappa shape index (κ3) is 6.49. The van der Waals surface area contributed by atoms with E-state index in [2.05, 4.69) is 18.7 Å². The minimum atomic E-state index is 0.823. The Balaban J connectivity index is 4.39. The van der Waals surface area contributed by atoms with Gasteiger partial charge in [0, 0.05) is 32.5 Å². The van der Waals surface area contributed by atoms with Gasteiger partial charge in [0.25, 0.3) is 0 Å². The predicted octanol–water partition coefficient (Wildman–Crippen LogP) is 2.84. The average molecular weight is 226 g/mol. The van der Waals surface area contributed by atoms with Gasteiger partial charge in [0.05, 0.1) is 0 Å². The first-order chi connectivity index (χ1) is 7.65. The van der Waals surface area contributed by atoms with Crippen LogP contribution >= 0.6 is 0 Å². The van der Waals surface area contributed by atoms with E-state index in [9.17, 15) is 4.79 Å². The number of carbonyl (C=O) groups is 1. The molecule has 16 heavy (non-hydrogen) atoms. The second kappa shape index (κ2) is 9.25. The van der Waals surface area contributed by atoms with E-state index in [1.165, 1.54) is 18.5 Å². The van der Waals surface area contributed by atoms with Crippen LogP contribution in [0.25, 0.3) is 0 Å². The van der Waals surface area contributed by atoms with E-state index in [0.29, 0.717) is 0 Å². The van der Waals surface area contributed by atoms with E-state index in [-0.39, 0.29) is 0 Å². The maximum atomic E-state index is 10.9. The number of hydrogen-bond donors (Lipinski definition) is 0. The van der Waals surface area contributed by atoms with Crippen LogP contribution in [0, 0.1) is 0 Å². The zero-order valence-electron chi connectivity index (χ0n) is 11.2. The van der Waals surface area contributed by atoms with Gasteiger partial charge in [0.1, 0.15) is 0 Å². The van der Waals surface area contributed by atoms with Crippen molar-refractivity contribution in [3.63, 3.8) is 0 Å².